The zero-order valence-corrected chi connectivity index (χ0v) is 18.4. The van der Waals surface area contributed by atoms with Crippen molar-refractivity contribution >= 4 is 29.0 Å². The van der Waals surface area contributed by atoms with Gasteiger partial charge in [0.25, 0.3) is 5.91 Å². The molecule has 2 N–H and O–H groups in total. The lowest BCUT2D eigenvalue weighted by Crippen LogP contribution is -2.50. The zero-order valence-electron chi connectivity index (χ0n) is 18.4. The fourth-order valence-corrected chi connectivity index (χ4v) is 3.80. The van der Waals surface area contributed by atoms with Crippen molar-refractivity contribution in [2.75, 3.05) is 41.7 Å². The standard InChI is InChI=1S/C26H25N5O2/c1-19-5-2-10-24(15-19)30-11-13-31(14-12-30)26(33)29-23-9-4-7-21(17-23)25(32)28-22-8-3-6-20(16-22)18-27/h2-10,15-17H,11-14H2,1H3,(H,28,32)(H,29,33). The molecule has 1 fully saturated rings. The summed E-state index contributed by atoms with van der Waals surface area (Å²) in [5.74, 6) is -0.312. The lowest BCUT2D eigenvalue weighted by atomic mass is 10.1. The largest absolute Gasteiger partial charge is 0.368 e. The number of hydrogen-bond donors (Lipinski definition) is 2. The molecule has 0 saturated carbocycles. The third kappa shape index (κ3) is 5.49. The molecule has 1 aliphatic rings. The molecule has 0 radical (unpaired) electrons. The maximum absolute atomic E-state index is 12.8. The van der Waals surface area contributed by atoms with Gasteiger partial charge in [-0.25, -0.2) is 4.79 Å². The van der Waals surface area contributed by atoms with E-state index >= 15 is 0 Å². The molecule has 1 heterocycles. The number of amides is 3. The minimum Gasteiger partial charge on any atom is -0.368 e. The van der Waals surface area contributed by atoms with E-state index in [-0.39, 0.29) is 11.9 Å². The number of carbonyl (C=O) groups excluding carboxylic acids is 2. The van der Waals surface area contributed by atoms with E-state index in [4.69, 9.17) is 5.26 Å². The maximum atomic E-state index is 12.8. The molecule has 3 aromatic rings. The van der Waals surface area contributed by atoms with Crippen molar-refractivity contribution in [3.05, 3.63) is 89.5 Å². The second-order valence-corrected chi connectivity index (χ2v) is 7.97. The number of anilines is 3. The summed E-state index contributed by atoms with van der Waals surface area (Å²) in [5.41, 5.74) is 4.37. The Morgan fingerprint density at radius 3 is 2.27 bits per heavy atom. The molecule has 0 bridgehead atoms. The number of rotatable bonds is 4. The lowest BCUT2D eigenvalue weighted by Gasteiger charge is -2.36. The van der Waals surface area contributed by atoms with Crippen molar-refractivity contribution in [1.82, 2.24) is 4.90 Å². The van der Waals surface area contributed by atoms with E-state index in [1.165, 1.54) is 11.3 Å². The summed E-state index contributed by atoms with van der Waals surface area (Å²) in [6, 6.07) is 23.8. The fraction of sp³-hybridized carbons (Fsp3) is 0.192. The Kier molecular flexibility index (Phi) is 6.56. The van der Waals surface area contributed by atoms with Crippen molar-refractivity contribution in [1.29, 1.82) is 5.26 Å². The molecule has 166 valence electrons. The van der Waals surface area contributed by atoms with E-state index in [2.05, 4.69) is 46.7 Å². The van der Waals surface area contributed by atoms with E-state index in [1.54, 1.807) is 53.4 Å². The van der Waals surface area contributed by atoms with Gasteiger partial charge in [-0.1, -0.05) is 24.3 Å². The fourth-order valence-electron chi connectivity index (χ4n) is 3.80. The number of nitrogens with zero attached hydrogens (tertiary/aromatic N) is 3. The molecule has 1 saturated heterocycles. The second kappa shape index (κ2) is 9.88. The molecule has 3 amide bonds. The van der Waals surface area contributed by atoms with Gasteiger partial charge in [-0.3, -0.25) is 4.79 Å². The molecule has 7 nitrogen and oxygen atoms in total. The van der Waals surface area contributed by atoms with Gasteiger partial charge in [0, 0.05) is 48.8 Å². The third-order valence-corrected chi connectivity index (χ3v) is 5.56. The van der Waals surface area contributed by atoms with E-state index in [9.17, 15) is 9.59 Å². The Balaban J connectivity index is 1.35. The Hall–Kier alpha value is -4.31. The monoisotopic (exact) mass is 439 g/mol. The van der Waals surface area contributed by atoms with Crippen LogP contribution < -0.4 is 15.5 Å². The Morgan fingerprint density at radius 1 is 0.848 bits per heavy atom. The highest BCUT2D eigenvalue weighted by atomic mass is 16.2. The van der Waals surface area contributed by atoms with Gasteiger partial charge in [0.1, 0.15) is 0 Å². The van der Waals surface area contributed by atoms with E-state index < -0.39 is 0 Å². The quantitative estimate of drug-likeness (QED) is 0.628. The van der Waals surface area contributed by atoms with Crippen LogP contribution in [0.2, 0.25) is 0 Å². The van der Waals surface area contributed by atoms with Gasteiger partial charge in [-0.15, -0.1) is 0 Å². The average molecular weight is 440 g/mol. The minimum absolute atomic E-state index is 0.182. The highest BCUT2D eigenvalue weighted by Crippen LogP contribution is 2.19. The molecule has 0 aromatic heterocycles. The molecule has 0 aliphatic carbocycles. The average Bonchev–Trinajstić information content (AvgIpc) is 2.84. The Labute approximate surface area is 193 Å². The lowest BCUT2D eigenvalue weighted by molar-refractivity contribution is 0.102. The molecule has 4 rings (SSSR count). The first kappa shape index (κ1) is 21.9. The second-order valence-electron chi connectivity index (χ2n) is 7.97. The number of nitriles is 1. The highest BCUT2D eigenvalue weighted by molar-refractivity contribution is 6.05. The first-order valence-electron chi connectivity index (χ1n) is 10.8. The minimum atomic E-state index is -0.312. The molecule has 0 atom stereocenters. The Bertz CT molecular complexity index is 1210. The molecule has 33 heavy (non-hydrogen) atoms. The van der Waals surface area contributed by atoms with Crippen LogP contribution in [0, 0.1) is 18.3 Å². The van der Waals surface area contributed by atoms with E-state index in [0.717, 1.165) is 13.1 Å². The first-order chi connectivity index (χ1) is 16.0. The SMILES string of the molecule is Cc1cccc(N2CCN(C(=O)Nc3cccc(C(=O)Nc4cccc(C#N)c4)c3)CC2)c1. The van der Waals surface area contributed by atoms with Gasteiger partial charge in [0.15, 0.2) is 0 Å². The normalized spacial score (nSPS) is 13.2. The number of benzene rings is 3. The summed E-state index contributed by atoms with van der Waals surface area (Å²) in [5, 5.41) is 14.7. The van der Waals surface area contributed by atoms with Crippen LogP contribution >= 0.6 is 0 Å². The van der Waals surface area contributed by atoms with Gasteiger partial charge in [0.05, 0.1) is 11.6 Å². The van der Waals surface area contributed by atoms with Crippen molar-refractivity contribution in [3.8, 4) is 6.07 Å². The van der Waals surface area contributed by atoms with Crippen molar-refractivity contribution in [3.63, 3.8) is 0 Å². The number of hydrogen-bond acceptors (Lipinski definition) is 4. The summed E-state index contributed by atoms with van der Waals surface area (Å²) < 4.78 is 0. The summed E-state index contributed by atoms with van der Waals surface area (Å²) >= 11 is 0. The smallest absolute Gasteiger partial charge is 0.321 e. The Morgan fingerprint density at radius 2 is 1.55 bits per heavy atom. The summed E-state index contributed by atoms with van der Waals surface area (Å²) in [6.07, 6.45) is 0. The van der Waals surface area contributed by atoms with Gasteiger partial charge < -0.3 is 20.4 Å². The third-order valence-electron chi connectivity index (χ3n) is 5.56. The van der Waals surface area contributed by atoms with Gasteiger partial charge in [-0.05, 0) is 61.0 Å². The number of urea groups is 1. The first-order valence-corrected chi connectivity index (χ1v) is 10.8. The van der Waals surface area contributed by atoms with Crippen LogP contribution in [-0.2, 0) is 0 Å². The van der Waals surface area contributed by atoms with Crippen LogP contribution in [0.15, 0.2) is 72.8 Å². The van der Waals surface area contributed by atoms with Crippen LogP contribution in [-0.4, -0.2) is 43.0 Å². The predicted molar refractivity (Wildman–Crippen MR) is 130 cm³/mol. The van der Waals surface area contributed by atoms with Gasteiger partial charge in [-0.2, -0.15) is 5.26 Å². The highest BCUT2D eigenvalue weighted by Gasteiger charge is 2.21. The summed E-state index contributed by atoms with van der Waals surface area (Å²) in [4.78, 5) is 29.5. The number of aryl methyl sites for hydroxylation is 1. The summed E-state index contributed by atoms with van der Waals surface area (Å²) in [7, 11) is 0. The van der Waals surface area contributed by atoms with Gasteiger partial charge in [0.2, 0.25) is 0 Å². The zero-order chi connectivity index (χ0) is 23.2. The molecular weight excluding hydrogens is 414 g/mol. The van der Waals surface area contributed by atoms with Crippen LogP contribution in [0.4, 0.5) is 21.9 Å². The summed E-state index contributed by atoms with van der Waals surface area (Å²) in [6.45, 7) is 4.84. The number of nitrogens with one attached hydrogen (secondary N) is 2. The topological polar surface area (TPSA) is 88.5 Å². The van der Waals surface area contributed by atoms with E-state index in [1.807, 2.05) is 6.07 Å². The predicted octanol–water partition coefficient (Wildman–Crippen LogP) is 4.47. The van der Waals surface area contributed by atoms with Crippen LogP contribution in [0.5, 0.6) is 0 Å². The molecule has 7 heteroatoms. The molecule has 0 unspecified atom stereocenters. The van der Waals surface area contributed by atoms with Gasteiger partial charge >= 0.3 is 6.03 Å². The molecule has 3 aromatic carbocycles. The molecular formula is C26H25N5O2. The van der Waals surface area contributed by atoms with Crippen molar-refractivity contribution < 1.29 is 9.59 Å². The maximum Gasteiger partial charge on any atom is 0.321 e. The van der Waals surface area contributed by atoms with Crippen molar-refractivity contribution in [2.24, 2.45) is 0 Å². The van der Waals surface area contributed by atoms with Crippen LogP contribution in [0.1, 0.15) is 21.5 Å². The molecule has 0 spiro atoms. The number of carbonyl (C=O) groups is 2. The molecule has 1 aliphatic heterocycles. The van der Waals surface area contributed by atoms with Crippen LogP contribution in [0.25, 0.3) is 0 Å². The number of piperazine rings is 1. The van der Waals surface area contributed by atoms with Crippen molar-refractivity contribution in [2.45, 2.75) is 6.92 Å². The van der Waals surface area contributed by atoms with Crippen LogP contribution in [0.3, 0.4) is 0 Å². The van der Waals surface area contributed by atoms with E-state index in [0.29, 0.717) is 35.6 Å².